The number of carbonyl (C=O) groups excluding carboxylic acids is 1. The highest BCUT2D eigenvalue weighted by molar-refractivity contribution is 5.83. The van der Waals surface area contributed by atoms with E-state index in [0.29, 0.717) is 0 Å². The Kier molecular flexibility index (Phi) is 4.88. The van der Waals surface area contributed by atoms with E-state index in [1.165, 1.54) is 18.2 Å². The Morgan fingerprint density at radius 3 is 2.50 bits per heavy atom. The summed E-state index contributed by atoms with van der Waals surface area (Å²) in [5.41, 5.74) is 1.29. The molecule has 0 fully saturated rings. The molecule has 0 aliphatic carbocycles. The van der Waals surface area contributed by atoms with Gasteiger partial charge < -0.3 is 0 Å². The second-order valence-electron chi connectivity index (χ2n) is 4.43. The number of benzene rings is 1. The number of hydrogen-bond donors (Lipinski definition) is 1. The topological polar surface area (TPSA) is 45.3 Å². The molecule has 0 saturated carbocycles. The van der Waals surface area contributed by atoms with Gasteiger partial charge in [-0.1, -0.05) is 24.3 Å². The minimum atomic E-state index is -4.47. The normalized spacial score (nSPS) is 11.6. The second-order valence-corrected chi connectivity index (χ2v) is 4.43. The molecular formula is C15H13F3N3O+. The largest absolute Gasteiger partial charge is 0.417 e. The van der Waals surface area contributed by atoms with Crippen molar-refractivity contribution in [3.63, 3.8) is 0 Å². The average molecular weight is 308 g/mol. The van der Waals surface area contributed by atoms with Crippen LogP contribution in [-0.4, -0.2) is 12.1 Å². The van der Waals surface area contributed by atoms with E-state index in [1.54, 1.807) is 35.2 Å². The molecule has 0 spiro atoms. The monoisotopic (exact) mass is 308 g/mol. The molecule has 0 radical (unpaired) electrons. The lowest BCUT2D eigenvalue weighted by Crippen LogP contribution is -2.40. The molecule has 114 valence electrons. The third kappa shape index (κ3) is 4.41. The third-order valence-corrected chi connectivity index (χ3v) is 2.76. The first-order chi connectivity index (χ1) is 10.5. The van der Waals surface area contributed by atoms with Crippen molar-refractivity contribution in [1.29, 1.82) is 0 Å². The molecule has 7 heteroatoms. The summed E-state index contributed by atoms with van der Waals surface area (Å²) in [6, 6.07) is 10.3. The summed E-state index contributed by atoms with van der Waals surface area (Å²) in [7, 11) is 0. The number of alkyl halides is 3. The number of aromatic nitrogens is 1. The highest BCUT2D eigenvalue weighted by Gasteiger charge is 2.32. The SMILES string of the molecule is O=C(C[n+]1ccccc1)N/N=C/c1ccccc1C(F)(F)F. The number of carbonyl (C=O) groups is 1. The minimum absolute atomic E-state index is 0.0269. The van der Waals surface area contributed by atoms with E-state index in [0.717, 1.165) is 12.3 Å². The van der Waals surface area contributed by atoms with E-state index in [9.17, 15) is 18.0 Å². The summed E-state index contributed by atoms with van der Waals surface area (Å²) in [5, 5.41) is 3.57. The summed E-state index contributed by atoms with van der Waals surface area (Å²) in [4.78, 5) is 11.6. The number of amides is 1. The lowest BCUT2D eigenvalue weighted by molar-refractivity contribution is -0.684. The van der Waals surface area contributed by atoms with Gasteiger partial charge in [-0.3, -0.25) is 4.79 Å². The Balaban J connectivity index is 2.00. The van der Waals surface area contributed by atoms with Gasteiger partial charge in [-0.25, -0.2) is 5.43 Å². The molecule has 1 aromatic heterocycles. The average Bonchev–Trinajstić information content (AvgIpc) is 2.48. The van der Waals surface area contributed by atoms with Gasteiger partial charge >= 0.3 is 12.1 Å². The standard InChI is InChI=1S/C15H12F3N3O/c16-15(17,18)13-7-3-2-6-12(13)10-19-20-14(22)11-21-8-4-1-5-9-21/h1-10H,11H2/p+1/b19-10+. The molecule has 1 amide bonds. The van der Waals surface area contributed by atoms with Crippen LogP contribution in [-0.2, 0) is 17.5 Å². The second kappa shape index (κ2) is 6.84. The molecule has 1 heterocycles. The van der Waals surface area contributed by atoms with Crippen molar-refractivity contribution in [2.45, 2.75) is 12.7 Å². The van der Waals surface area contributed by atoms with Crippen LogP contribution in [0, 0.1) is 0 Å². The van der Waals surface area contributed by atoms with Gasteiger partial charge in [-0.2, -0.15) is 22.8 Å². The number of hydrogen-bond acceptors (Lipinski definition) is 2. The number of hydrazone groups is 1. The van der Waals surface area contributed by atoms with Gasteiger partial charge in [0.05, 0.1) is 11.8 Å². The van der Waals surface area contributed by atoms with Gasteiger partial charge in [0.1, 0.15) is 0 Å². The van der Waals surface area contributed by atoms with E-state index >= 15 is 0 Å². The summed E-state index contributed by atoms with van der Waals surface area (Å²) in [6.07, 6.45) is -0.0899. The van der Waals surface area contributed by atoms with Crippen LogP contribution in [0.3, 0.4) is 0 Å². The maximum Gasteiger partial charge on any atom is 0.417 e. The van der Waals surface area contributed by atoms with Gasteiger partial charge in [0.25, 0.3) is 0 Å². The molecule has 0 unspecified atom stereocenters. The van der Waals surface area contributed by atoms with Gasteiger partial charge in [0, 0.05) is 17.7 Å². The molecule has 2 rings (SSSR count). The molecule has 0 aliphatic heterocycles. The fourth-order valence-electron chi connectivity index (χ4n) is 1.78. The molecule has 2 aromatic rings. The predicted molar refractivity (Wildman–Crippen MR) is 73.8 cm³/mol. The minimum Gasteiger partial charge on any atom is -0.266 e. The highest BCUT2D eigenvalue weighted by Crippen LogP contribution is 2.30. The van der Waals surface area contributed by atoms with Gasteiger partial charge in [0.2, 0.25) is 6.54 Å². The number of rotatable bonds is 4. The van der Waals surface area contributed by atoms with Crippen LogP contribution < -0.4 is 9.99 Å². The van der Waals surface area contributed by atoms with E-state index in [1.807, 2.05) is 0 Å². The Bertz CT molecular complexity index is 669. The van der Waals surface area contributed by atoms with E-state index in [2.05, 4.69) is 10.5 Å². The lowest BCUT2D eigenvalue weighted by Gasteiger charge is -2.08. The molecule has 22 heavy (non-hydrogen) atoms. The van der Waals surface area contributed by atoms with Crippen LogP contribution >= 0.6 is 0 Å². The Morgan fingerprint density at radius 2 is 1.82 bits per heavy atom. The van der Waals surface area contributed by atoms with E-state index in [-0.39, 0.29) is 12.1 Å². The van der Waals surface area contributed by atoms with Crippen LogP contribution in [0.25, 0.3) is 0 Å². The van der Waals surface area contributed by atoms with Crippen molar-refractivity contribution in [3.8, 4) is 0 Å². The zero-order valence-electron chi connectivity index (χ0n) is 11.4. The van der Waals surface area contributed by atoms with Crippen LogP contribution in [0.1, 0.15) is 11.1 Å². The first-order valence-corrected chi connectivity index (χ1v) is 6.39. The summed E-state index contributed by atoms with van der Waals surface area (Å²) >= 11 is 0. The third-order valence-electron chi connectivity index (χ3n) is 2.76. The maximum absolute atomic E-state index is 12.8. The van der Waals surface area contributed by atoms with Gasteiger partial charge in [-0.05, 0) is 6.07 Å². The molecule has 1 aromatic carbocycles. The number of pyridine rings is 1. The lowest BCUT2D eigenvalue weighted by atomic mass is 10.1. The first kappa shape index (κ1) is 15.7. The fourth-order valence-corrected chi connectivity index (χ4v) is 1.78. The summed E-state index contributed by atoms with van der Waals surface area (Å²) in [6.45, 7) is 0.0269. The van der Waals surface area contributed by atoms with Crippen LogP contribution in [0.5, 0.6) is 0 Å². The molecule has 0 atom stereocenters. The fraction of sp³-hybridized carbons (Fsp3) is 0.133. The van der Waals surface area contributed by atoms with Gasteiger partial charge in [0.15, 0.2) is 12.4 Å². The molecule has 4 nitrogen and oxygen atoms in total. The van der Waals surface area contributed by atoms with Crippen LogP contribution in [0.4, 0.5) is 13.2 Å². The number of nitrogens with one attached hydrogen (secondary N) is 1. The smallest absolute Gasteiger partial charge is 0.266 e. The van der Waals surface area contributed by atoms with Crippen LogP contribution in [0.15, 0.2) is 60.0 Å². The molecule has 1 N–H and O–H groups in total. The van der Waals surface area contributed by atoms with Crippen molar-refractivity contribution in [1.82, 2.24) is 5.43 Å². The highest BCUT2D eigenvalue weighted by atomic mass is 19.4. The van der Waals surface area contributed by atoms with Crippen LogP contribution in [0.2, 0.25) is 0 Å². The molecule has 0 bridgehead atoms. The van der Waals surface area contributed by atoms with Crippen molar-refractivity contribution in [2.75, 3.05) is 0 Å². The molecule has 0 saturated heterocycles. The first-order valence-electron chi connectivity index (χ1n) is 6.39. The Morgan fingerprint density at radius 1 is 1.14 bits per heavy atom. The molecule has 0 aliphatic rings. The Labute approximate surface area is 124 Å². The van der Waals surface area contributed by atoms with E-state index in [4.69, 9.17) is 0 Å². The quantitative estimate of drug-likeness (QED) is 0.525. The summed E-state index contributed by atoms with van der Waals surface area (Å²) < 4.78 is 39.9. The van der Waals surface area contributed by atoms with Crippen molar-refractivity contribution < 1.29 is 22.5 Å². The van der Waals surface area contributed by atoms with Gasteiger partial charge in [-0.15, -0.1) is 0 Å². The zero-order valence-corrected chi connectivity index (χ0v) is 11.4. The predicted octanol–water partition coefficient (Wildman–Crippen LogP) is 2.14. The number of halogens is 3. The van der Waals surface area contributed by atoms with Crippen molar-refractivity contribution in [2.24, 2.45) is 5.10 Å². The van der Waals surface area contributed by atoms with Crippen molar-refractivity contribution >= 4 is 12.1 Å². The zero-order chi connectivity index (χ0) is 16.0. The van der Waals surface area contributed by atoms with E-state index < -0.39 is 17.6 Å². The number of nitrogens with zero attached hydrogens (tertiary/aromatic N) is 2. The Hall–Kier alpha value is -2.70. The summed E-state index contributed by atoms with van der Waals surface area (Å²) in [5.74, 6) is -0.433. The molecular weight excluding hydrogens is 295 g/mol. The van der Waals surface area contributed by atoms with Crippen molar-refractivity contribution in [3.05, 3.63) is 66.0 Å². The maximum atomic E-state index is 12.8.